The zero-order chi connectivity index (χ0) is 16.4. The van der Waals surface area contributed by atoms with Crippen molar-refractivity contribution in [2.24, 2.45) is 0 Å². The Morgan fingerprint density at radius 2 is 1.73 bits per heavy atom. The Bertz CT molecular complexity index is 473. The molecule has 0 aliphatic heterocycles. The first-order valence-electron chi connectivity index (χ1n) is 6.84. The summed E-state index contributed by atoms with van der Waals surface area (Å²) in [6.45, 7) is 0.523. The minimum Gasteiger partial charge on any atom is -0.494 e. The van der Waals surface area contributed by atoms with E-state index in [1.807, 2.05) is 0 Å². The molecule has 0 bridgehead atoms. The third kappa shape index (κ3) is 5.98. The summed E-state index contributed by atoms with van der Waals surface area (Å²) in [5.41, 5.74) is 0.805. The molecule has 0 heterocycles. The van der Waals surface area contributed by atoms with Crippen LogP contribution in [0.4, 0.5) is 0 Å². The van der Waals surface area contributed by atoms with Crippen molar-refractivity contribution in [2.75, 3.05) is 27.9 Å². The number of benzene rings is 1. The first kappa shape index (κ1) is 18.4. The van der Waals surface area contributed by atoms with Crippen molar-refractivity contribution >= 4 is 20.8 Å². The molecule has 0 aliphatic rings. The van der Waals surface area contributed by atoms with Crippen molar-refractivity contribution < 1.29 is 27.9 Å². The maximum absolute atomic E-state index is 10.4. The van der Waals surface area contributed by atoms with Crippen LogP contribution in [-0.4, -0.2) is 47.8 Å². The second-order valence-corrected chi connectivity index (χ2v) is 7.58. The molecule has 0 spiro atoms. The number of carboxylic acid groups (broad SMARTS) is 1. The number of ether oxygens (including phenoxy) is 1. The highest BCUT2D eigenvalue weighted by Gasteiger charge is 2.36. The van der Waals surface area contributed by atoms with E-state index in [1.165, 1.54) is 6.08 Å². The Morgan fingerprint density at radius 1 is 1.14 bits per heavy atom. The summed E-state index contributed by atoms with van der Waals surface area (Å²) in [7, 11) is 2.23. The Labute approximate surface area is 131 Å². The average molecular weight is 326 g/mol. The number of carbonyl (C=O) groups is 1. The number of hydrogen-bond acceptors (Lipinski definition) is 5. The van der Waals surface area contributed by atoms with Crippen LogP contribution in [0, 0.1) is 0 Å². The fraction of sp³-hybridized carbons (Fsp3) is 0.400. The van der Waals surface area contributed by atoms with E-state index in [0.29, 0.717) is 12.7 Å². The van der Waals surface area contributed by atoms with Crippen LogP contribution in [-0.2, 0) is 18.1 Å². The predicted octanol–water partition coefficient (Wildman–Crippen LogP) is 2.43. The molecule has 1 N–H and O–H groups in total. The molecule has 0 radical (unpaired) electrons. The van der Waals surface area contributed by atoms with E-state index in [0.717, 1.165) is 23.8 Å². The van der Waals surface area contributed by atoms with Gasteiger partial charge in [0.15, 0.2) is 0 Å². The Balaban J connectivity index is 2.41. The fourth-order valence-electron chi connectivity index (χ4n) is 1.88. The van der Waals surface area contributed by atoms with Gasteiger partial charge < -0.3 is 23.1 Å². The molecule has 0 unspecified atom stereocenters. The van der Waals surface area contributed by atoms with Crippen molar-refractivity contribution in [3.8, 4) is 5.75 Å². The van der Waals surface area contributed by atoms with Gasteiger partial charge in [0, 0.05) is 33.4 Å². The van der Waals surface area contributed by atoms with Crippen LogP contribution in [0.1, 0.15) is 12.0 Å². The van der Waals surface area contributed by atoms with Crippen molar-refractivity contribution in [2.45, 2.75) is 12.5 Å². The van der Waals surface area contributed by atoms with Crippen LogP contribution in [0.2, 0.25) is 6.04 Å². The molecular formula is C15H22O6Si. The normalized spacial score (nSPS) is 11.8. The molecule has 22 heavy (non-hydrogen) atoms. The van der Waals surface area contributed by atoms with Gasteiger partial charge in [-0.25, -0.2) is 4.79 Å². The third-order valence-corrected chi connectivity index (χ3v) is 5.96. The zero-order valence-corrected chi connectivity index (χ0v) is 14.1. The lowest BCUT2D eigenvalue weighted by molar-refractivity contribution is -0.131. The second kappa shape index (κ2) is 9.37. The van der Waals surface area contributed by atoms with Crippen molar-refractivity contribution in [3.05, 3.63) is 35.9 Å². The van der Waals surface area contributed by atoms with E-state index in [2.05, 4.69) is 0 Å². The quantitative estimate of drug-likeness (QED) is 0.404. The number of aliphatic carboxylic acids is 1. The Kier molecular flexibility index (Phi) is 7.82. The molecule has 122 valence electrons. The smallest absolute Gasteiger partial charge is 0.494 e. The van der Waals surface area contributed by atoms with E-state index in [9.17, 15) is 4.79 Å². The van der Waals surface area contributed by atoms with Gasteiger partial charge in [0.2, 0.25) is 0 Å². The van der Waals surface area contributed by atoms with Gasteiger partial charge in [0.1, 0.15) is 5.75 Å². The fourth-order valence-corrected chi connectivity index (χ4v) is 3.57. The zero-order valence-electron chi connectivity index (χ0n) is 13.1. The summed E-state index contributed by atoms with van der Waals surface area (Å²) in [6, 6.07) is 7.88. The topological polar surface area (TPSA) is 74.2 Å². The average Bonchev–Trinajstić information content (AvgIpc) is 2.55. The monoisotopic (exact) mass is 326 g/mol. The van der Waals surface area contributed by atoms with E-state index in [1.54, 1.807) is 45.6 Å². The van der Waals surface area contributed by atoms with Gasteiger partial charge in [-0.3, -0.25) is 0 Å². The van der Waals surface area contributed by atoms with Crippen LogP contribution in [0.25, 0.3) is 6.08 Å². The molecule has 0 aliphatic carbocycles. The molecule has 0 amide bonds. The van der Waals surface area contributed by atoms with Gasteiger partial charge in [-0.15, -0.1) is 0 Å². The van der Waals surface area contributed by atoms with Gasteiger partial charge >= 0.3 is 14.8 Å². The summed E-state index contributed by atoms with van der Waals surface area (Å²) < 4.78 is 21.6. The first-order chi connectivity index (χ1) is 10.5. The summed E-state index contributed by atoms with van der Waals surface area (Å²) in [4.78, 5) is 10.4. The Morgan fingerprint density at radius 3 is 2.23 bits per heavy atom. The van der Waals surface area contributed by atoms with E-state index in [4.69, 9.17) is 23.1 Å². The van der Waals surface area contributed by atoms with Crippen LogP contribution in [0.3, 0.4) is 0 Å². The lowest BCUT2D eigenvalue weighted by atomic mass is 10.2. The van der Waals surface area contributed by atoms with E-state index < -0.39 is 14.8 Å². The maximum atomic E-state index is 10.4. The molecule has 1 rings (SSSR count). The van der Waals surface area contributed by atoms with Crippen LogP contribution in [0.5, 0.6) is 5.75 Å². The third-order valence-electron chi connectivity index (χ3n) is 3.13. The minimum absolute atomic E-state index is 0.523. The Hall–Kier alpha value is -1.67. The lowest BCUT2D eigenvalue weighted by Crippen LogP contribution is -2.42. The number of carboxylic acids is 1. The molecule has 7 heteroatoms. The summed E-state index contributed by atoms with van der Waals surface area (Å²) in [6.07, 6.45) is 3.38. The molecule has 0 fully saturated rings. The largest absolute Gasteiger partial charge is 0.500 e. The highest BCUT2D eigenvalue weighted by atomic mass is 28.4. The molecule has 0 saturated heterocycles. The van der Waals surface area contributed by atoms with Gasteiger partial charge in [0.05, 0.1) is 6.61 Å². The van der Waals surface area contributed by atoms with Gasteiger partial charge in [0.25, 0.3) is 0 Å². The van der Waals surface area contributed by atoms with Crippen molar-refractivity contribution in [3.63, 3.8) is 0 Å². The first-order valence-corrected chi connectivity index (χ1v) is 8.78. The maximum Gasteiger partial charge on any atom is 0.500 e. The SMILES string of the molecule is CO[Si](CCCOc1ccc(C=CC(=O)O)cc1)(OC)OC. The molecule has 0 saturated carbocycles. The molecule has 6 nitrogen and oxygen atoms in total. The van der Waals surface area contributed by atoms with Crippen LogP contribution >= 0.6 is 0 Å². The number of hydrogen-bond donors (Lipinski definition) is 1. The van der Waals surface area contributed by atoms with Crippen molar-refractivity contribution in [1.29, 1.82) is 0 Å². The predicted molar refractivity (Wildman–Crippen MR) is 84.8 cm³/mol. The lowest BCUT2D eigenvalue weighted by Gasteiger charge is -2.24. The highest BCUT2D eigenvalue weighted by Crippen LogP contribution is 2.17. The van der Waals surface area contributed by atoms with E-state index >= 15 is 0 Å². The second-order valence-electron chi connectivity index (χ2n) is 4.49. The summed E-state index contributed by atoms with van der Waals surface area (Å²) >= 11 is 0. The molecule has 1 aromatic rings. The molecule has 1 aromatic carbocycles. The van der Waals surface area contributed by atoms with Gasteiger partial charge in [-0.05, 0) is 30.2 Å². The molecule has 0 aromatic heterocycles. The number of rotatable bonds is 10. The van der Waals surface area contributed by atoms with Crippen molar-refractivity contribution in [1.82, 2.24) is 0 Å². The van der Waals surface area contributed by atoms with Gasteiger partial charge in [-0.1, -0.05) is 12.1 Å². The van der Waals surface area contributed by atoms with Gasteiger partial charge in [-0.2, -0.15) is 0 Å². The highest BCUT2D eigenvalue weighted by molar-refractivity contribution is 6.60. The minimum atomic E-state index is -2.53. The molecule has 0 atom stereocenters. The van der Waals surface area contributed by atoms with Crippen LogP contribution in [0.15, 0.2) is 30.3 Å². The van der Waals surface area contributed by atoms with E-state index in [-0.39, 0.29) is 0 Å². The van der Waals surface area contributed by atoms with Crippen LogP contribution < -0.4 is 4.74 Å². The summed E-state index contributed by atoms with van der Waals surface area (Å²) in [5, 5.41) is 8.56. The summed E-state index contributed by atoms with van der Waals surface area (Å²) in [5.74, 6) is -0.241. The molecular weight excluding hydrogens is 304 g/mol. The standard InChI is InChI=1S/C15H22O6Si/c1-18-22(19-2,20-3)12-4-11-21-14-8-5-13(6-9-14)7-10-15(16)17/h5-10H,4,11-12H2,1-3H3,(H,16,17).